The van der Waals surface area contributed by atoms with Crippen LogP contribution in [0.2, 0.25) is 5.02 Å². The zero-order chi connectivity index (χ0) is 23.4. The molecule has 0 spiro atoms. The summed E-state index contributed by atoms with van der Waals surface area (Å²) < 4.78 is 10.3. The summed E-state index contributed by atoms with van der Waals surface area (Å²) in [5.74, 6) is -3.32. The minimum Gasteiger partial charge on any atom is -0.507 e. The van der Waals surface area contributed by atoms with Crippen LogP contribution in [0.4, 0.5) is 0 Å². The molecule has 1 aromatic carbocycles. The van der Waals surface area contributed by atoms with Gasteiger partial charge in [-0.2, -0.15) is 0 Å². The van der Waals surface area contributed by atoms with E-state index in [0.717, 1.165) is 12.1 Å². The van der Waals surface area contributed by atoms with Gasteiger partial charge in [-0.1, -0.05) is 11.6 Å². The van der Waals surface area contributed by atoms with Crippen molar-refractivity contribution in [3.8, 4) is 11.5 Å². The molecule has 2 aliphatic rings. The lowest BCUT2D eigenvalue weighted by atomic mass is 9.94. The van der Waals surface area contributed by atoms with Gasteiger partial charge < -0.3 is 25.0 Å². The standard InChI is InChI=1S/C22H22ClNO8/c1-31-21-12-6-4-8-32-22(30)18-11(19(23)15(26)10-14(18)25)5-2-3-7-17(28)24-13(20(12)29)9-16(21)27/h9-10,25-26H,2-8H2,1H3,(H,24,28). The molecule has 3 rings (SSSR count). The molecule has 1 aliphatic heterocycles. The van der Waals surface area contributed by atoms with Crippen LogP contribution in [0.3, 0.4) is 0 Å². The summed E-state index contributed by atoms with van der Waals surface area (Å²) in [6.07, 6.45) is 2.25. The lowest BCUT2D eigenvalue weighted by Gasteiger charge is -2.19. The van der Waals surface area contributed by atoms with Crippen LogP contribution < -0.4 is 5.32 Å². The zero-order valence-electron chi connectivity index (χ0n) is 17.3. The topological polar surface area (TPSA) is 139 Å². The Morgan fingerprint density at radius 3 is 2.47 bits per heavy atom. The molecule has 10 heteroatoms. The largest absolute Gasteiger partial charge is 0.507 e. The van der Waals surface area contributed by atoms with Crippen LogP contribution in [0.5, 0.6) is 11.5 Å². The number of halogens is 1. The summed E-state index contributed by atoms with van der Waals surface area (Å²) in [5.41, 5.74) is 0.0273. The number of carbonyl (C=O) groups is 4. The number of hydrogen-bond donors (Lipinski definition) is 3. The number of benzene rings is 1. The SMILES string of the molecule is COC1=C2CCCOC(=O)c3c(O)cc(O)c(Cl)c3CCCCC(=O)NC(=CC1=O)C2=O. The molecular formula is C22H22ClNO8. The van der Waals surface area contributed by atoms with Gasteiger partial charge >= 0.3 is 5.97 Å². The number of amides is 1. The fraction of sp³-hybridized carbons (Fsp3) is 0.364. The Kier molecular flexibility index (Phi) is 7.19. The molecule has 32 heavy (non-hydrogen) atoms. The minimum absolute atomic E-state index is 0.0389. The monoisotopic (exact) mass is 463 g/mol. The van der Waals surface area contributed by atoms with E-state index >= 15 is 0 Å². The average molecular weight is 464 g/mol. The third-order valence-electron chi connectivity index (χ3n) is 5.18. The van der Waals surface area contributed by atoms with Gasteiger partial charge in [0.25, 0.3) is 0 Å². The van der Waals surface area contributed by atoms with Crippen molar-refractivity contribution in [1.29, 1.82) is 0 Å². The first-order chi connectivity index (χ1) is 15.2. The van der Waals surface area contributed by atoms with Gasteiger partial charge in [0.1, 0.15) is 17.1 Å². The predicted molar refractivity (Wildman–Crippen MR) is 112 cm³/mol. The Morgan fingerprint density at radius 2 is 1.75 bits per heavy atom. The molecular weight excluding hydrogens is 442 g/mol. The molecule has 2 bridgehead atoms. The molecule has 0 saturated heterocycles. The molecule has 9 nitrogen and oxygen atoms in total. The number of nitrogens with one attached hydrogen (secondary N) is 1. The fourth-order valence-electron chi connectivity index (χ4n) is 3.65. The van der Waals surface area contributed by atoms with Gasteiger partial charge in [-0.15, -0.1) is 0 Å². The van der Waals surface area contributed by atoms with Gasteiger partial charge in [-0.3, -0.25) is 14.4 Å². The number of methoxy groups -OCH3 is 1. The van der Waals surface area contributed by atoms with Gasteiger partial charge in [0, 0.05) is 24.1 Å². The van der Waals surface area contributed by atoms with Crippen LogP contribution >= 0.6 is 11.6 Å². The average Bonchev–Trinajstić information content (AvgIpc) is 2.74. The van der Waals surface area contributed by atoms with E-state index in [2.05, 4.69) is 5.32 Å². The maximum atomic E-state index is 12.8. The Bertz CT molecular complexity index is 1060. The number of ether oxygens (including phenoxy) is 2. The number of aromatic hydroxyl groups is 2. The smallest absolute Gasteiger partial charge is 0.342 e. The highest BCUT2D eigenvalue weighted by Gasteiger charge is 2.30. The molecule has 1 aliphatic carbocycles. The first-order valence-electron chi connectivity index (χ1n) is 10.0. The number of rotatable bonds is 1. The molecule has 1 heterocycles. The molecule has 170 valence electrons. The summed E-state index contributed by atoms with van der Waals surface area (Å²) in [4.78, 5) is 50.0. The predicted octanol–water partition coefficient (Wildman–Crippen LogP) is 2.47. The molecule has 0 fully saturated rings. The van der Waals surface area contributed by atoms with Gasteiger partial charge in [-0.05, 0) is 37.7 Å². The number of esters is 1. The Labute approximate surface area is 188 Å². The van der Waals surface area contributed by atoms with Crippen molar-refractivity contribution in [2.75, 3.05) is 13.7 Å². The van der Waals surface area contributed by atoms with Crippen molar-refractivity contribution >= 4 is 35.0 Å². The fourth-order valence-corrected chi connectivity index (χ4v) is 3.90. The number of Topliss-reactive ketones (excluding diaryl/α,β-unsaturated/α-hetero) is 1. The quantitative estimate of drug-likeness (QED) is 0.426. The second-order valence-corrected chi connectivity index (χ2v) is 7.72. The van der Waals surface area contributed by atoms with Crippen LogP contribution in [-0.4, -0.2) is 47.4 Å². The number of ketones is 2. The minimum atomic E-state index is -0.836. The van der Waals surface area contributed by atoms with Crippen molar-refractivity contribution in [1.82, 2.24) is 5.32 Å². The first kappa shape index (κ1) is 23.3. The van der Waals surface area contributed by atoms with E-state index in [9.17, 15) is 29.4 Å². The lowest BCUT2D eigenvalue weighted by molar-refractivity contribution is -0.123. The maximum Gasteiger partial charge on any atom is 0.342 e. The van der Waals surface area contributed by atoms with Gasteiger partial charge in [-0.25, -0.2) is 4.79 Å². The third kappa shape index (κ3) is 4.77. The van der Waals surface area contributed by atoms with E-state index in [1.165, 1.54) is 7.11 Å². The van der Waals surface area contributed by atoms with Crippen molar-refractivity contribution in [3.05, 3.63) is 45.3 Å². The van der Waals surface area contributed by atoms with Crippen molar-refractivity contribution in [2.24, 2.45) is 0 Å². The Balaban J connectivity index is 1.92. The van der Waals surface area contributed by atoms with Crippen LogP contribution in [0.15, 0.2) is 29.2 Å². The van der Waals surface area contributed by atoms with Crippen molar-refractivity contribution in [3.63, 3.8) is 0 Å². The highest BCUT2D eigenvalue weighted by molar-refractivity contribution is 6.33. The van der Waals surface area contributed by atoms with Gasteiger partial charge in [0.15, 0.2) is 5.76 Å². The van der Waals surface area contributed by atoms with E-state index in [4.69, 9.17) is 21.1 Å². The van der Waals surface area contributed by atoms with Crippen molar-refractivity contribution in [2.45, 2.75) is 38.5 Å². The van der Waals surface area contributed by atoms with Crippen LogP contribution in [0, 0.1) is 0 Å². The summed E-state index contributed by atoms with van der Waals surface area (Å²) >= 11 is 6.16. The molecule has 0 radical (unpaired) electrons. The van der Waals surface area contributed by atoms with E-state index in [1.54, 1.807) is 0 Å². The van der Waals surface area contributed by atoms with E-state index in [1.807, 2.05) is 0 Å². The second-order valence-electron chi connectivity index (χ2n) is 7.34. The second kappa shape index (κ2) is 9.86. The number of phenolic OH excluding ortho intramolecular Hbond substituents is 2. The molecule has 0 atom stereocenters. The first-order valence-corrected chi connectivity index (χ1v) is 10.4. The number of hydrogen-bond acceptors (Lipinski definition) is 8. The maximum absolute atomic E-state index is 12.8. The molecule has 0 saturated carbocycles. The van der Waals surface area contributed by atoms with Crippen LogP contribution in [0.25, 0.3) is 0 Å². The Morgan fingerprint density at radius 1 is 1.03 bits per heavy atom. The summed E-state index contributed by atoms with van der Waals surface area (Å²) in [5, 5.41) is 22.5. The van der Waals surface area contributed by atoms with Gasteiger partial charge in [0.05, 0.1) is 24.4 Å². The summed E-state index contributed by atoms with van der Waals surface area (Å²) in [6, 6.07) is 0.962. The number of cyclic esters (lactones) is 1. The molecule has 0 aromatic heterocycles. The van der Waals surface area contributed by atoms with Crippen molar-refractivity contribution < 1.29 is 38.9 Å². The highest BCUT2D eigenvalue weighted by atomic mass is 35.5. The molecule has 1 amide bonds. The van der Waals surface area contributed by atoms with Crippen LogP contribution in [0.1, 0.15) is 48.0 Å². The summed E-state index contributed by atoms with van der Waals surface area (Å²) in [7, 11) is 1.27. The van der Waals surface area contributed by atoms with Crippen LogP contribution in [-0.2, 0) is 30.3 Å². The van der Waals surface area contributed by atoms with E-state index in [0.29, 0.717) is 12.8 Å². The van der Waals surface area contributed by atoms with E-state index < -0.39 is 29.2 Å². The molecule has 1 aromatic rings. The number of carbonyl (C=O) groups excluding carboxylic acids is 4. The van der Waals surface area contributed by atoms with E-state index in [-0.39, 0.29) is 71.2 Å². The number of phenols is 2. The molecule has 3 N–H and O–H groups in total. The lowest BCUT2D eigenvalue weighted by Crippen LogP contribution is -2.32. The molecule has 0 unspecified atom stereocenters. The Hall–Kier alpha value is -3.33. The number of allylic oxidation sites excluding steroid dienone is 2. The normalized spacial score (nSPS) is 18.5. The zero-order valence-corrected chi connectivity index (χ0v) is 18.1. The summed E-state index contributed by atoms with van der Waals surface area (Å²) in [6.45, 7) is -0.121. The number of fused-ring (bicyclic) bond motifs is 3. The van der Waals surface area contributed by atoms with Gasteiger partial charge in [0.2, 0.25) is 17.5 Å². The highest BCUT2D eigenvalue weighted by Crippen LogP contribution is 2.37. The third-order valence-corrected chi connectivity index (χ3v) is 5.60.